The summed E-state index contributed by atoms with van der Waals surface area (Å²) in [7, 11) is 0. The first-order valence-electron chi connectivity index (χ1n) is 4.74. The minimum Gasteiger partial charge on any atom is -0.480 e. The van der Waals surface area contributed by atoms with Crippen LogP contribution in [0, 0.1) is 5.41 Å². The Hall–Kier alpha value is -1.32. The van der Waals surface area contributed by atoms with Gasteiger partial charge in [0.2, 0.25) is 0 Å². The van der Waals surface area contributed by atoms with Gasteiger partial charge in [0.15, 0.2) is 5.41 Å². The van der Waals surface area contributed by atoms with E-state index < -0.39 is 17.4 Å². The van der Waals surface area contributed by atoms with Gasteiger partial charge in [-0.25, -0.2) is 0 Å². The van der Waals surface area contributed by atoms with Crippen LogP contribution in [0.5, 0.6) is 0 Å². The average Bonchev–Trinajstić information content (AvgIpc) is 2.02. The summed E-state index contributed by atoms with van der Waals surface area (Å²) in [4.78, 5) is 21.9. The molecule has 14 heavy (non-hydrogen) atoms. The highest BCUT2D eigenvalue weighted by Gasteiger charge is 2.43. The van der Waals surface area contributed by atoms with Gasteiger partial charge in [0.25, 0.3) is 0 Å². The molecular weight excluding hydrogens is 184 g/mol. The van der Waals surface area contributed by atoms with E-state index in [0.29, 0.717) is 6.42 Å². The molecule has 78 valence electrons. The maximum absolute atomic E-state index is 11.0. The lowest BCUT2D eigenvalue weighted by Crippen LogP contribution is -2.37. The van der Waals surface area contributed by atoms with Gasteiger partial charge in [-0.1, -0.05) is 25.0 Å². The molecule has 0 saturated carbocycles. The molecule has 0 unspecified atom stereocenters. The predicted molar refractivity (Wildman–Crippen MR) is 49.9 cm³/mol. The number of allylic oxidation sites excluding steroid dienone is 1. The summed E-state index contributed by atoms with van der Waals surface area (Å²) in [5, 5.41) is 17.9. The number of carbonyl (C=O) groups is 2. The van der Waals surface area contributed by atoms with Crippen molar-refractivity contribution < 1.29 is 19.8 Å². The Morgan fingerprint density at radius 3 is 2.29 bits per heavy atom. The first kappa shape index (κ1) is 10.8. The zero-order valence-corrected chi connectivity index (χ0v) is 7.90. The van der Waals surface area contributed by atoms with Crippen molar-refractivity contribution >= 4 is 11.9 Å². The van der Waals surface area contributed by atoms with Gasteiger partial charge in [0.05, 0.1) is 0 Å². The van der Waals surface area contributed by atoms with Gasteiger partial charge in [-0.05, 0) is 19.3 Å². The molecule has 0 aromatic rings. The van der Waals surface area contributed by atoms with Crippen LogP contribution in [0.2, 0.25) is 0 Å². The molecule has 0 spiro atoms. The normalized spacial score (nSPS) is 20.9. The number of rotatable bonds is 2. The molecule has 0 aromatic carbocycles. The monoisotopic (exact) mass is 198 g/mol. The molecule has 2 N–H and O–H groups in total. The van der Waals surface area contributed by atoms with Crippen LogP contribution in [0.4, 0.5) is 0 Å². The third kappa shape index (κ3) is 1.95. The van der Waals surface area contributed by atoms with Crippen LogP contribution in [0.25, 0.3) is 0 Å². The molecule has 0 atom stereocenters. The molecule has 1 rings (SSSR count). The van der Waals surface area contributed by atoms with Gasteiger partial charge in [0, 0.05) is 0 Å². The lowest BCUT2D eigenvalue weighted by Gasteiger charge is -2.22. The summed E-state index contributed by atoms with van der Waals surface area (Å²) in [5.41, 5.74) is -1.69. The van der Waals surface area contributed by atoms with Crippen molar-refractivity contribution in [1.82, 2.24) is 0 Å². The summed E-state index contributed by atoms with van der Waals surface area (Å²) < 4.78 is 0. The number of aliphatic carboxylic acids is 2. The average molecular weight is 198 g/mol. The van der Waals surface area contributed by atoms with Gasteiger partial charge in [-0.2, -0.15) is 0 Å². The number of hydrogen-bond acceptors (Lipinski definition) is 2. The first-order chi connectivity index (χ1) is 6.59. The van der Waals surface area contributed by atoms with Crippen LogP contribution in [0.3, 0.4) is 0 Å². The zero-order chi connectivity index (χ0) is 10.6. The second-order valence-corrected chi connectivity index (χ2v) is 3.58. The molecule has 1 aliphatic rings. The third-order valence-corrected chi connectivity index (χ3v) is 2.61. The topological polar surface area (TPSA) is 74.6 Å². The van der Waals surface area contributed by atoms with E-state index in [1.807, 2.05) is 0 Å². The fourth-order valence-corrected chi connectivity index (χ4v) is 1.66. The molecular formula is C10H14O4. The molecule has 4 heteroatoms. The highest BCUT2D eigenvalue weighted by Crippen LogP contribution is 2.30. The molecule has 0 radical (unpaired) electrons. The summed E-state index contributed by atoms with van der Waals surface area (Å²) in [6.45, 7) is 0. The number of carboxylic acids is 2. The standard InChI is InChI=1S/C10H14O4/c11-8(12)10(9(13)14)6-4-2-1-3-5-7-10/h4,6H,1-3,5,7H2,(H,11,12)(H,13,14). The van der Waals surface area contributed by atoms with Crippen LogP contribution in [-0.2, 0) is 9.59 Å². The van der Waals surface area contributed by atoms with Crippen molar-refractivity contribution in [3.63, 3.8) is 0 Å². The summed E-state index contributed by atoms with van der Waals surface area (Å²) in [5.74, 6) is -2.52. The lowest BCUT2D eigenvalue weighted by molar-refractivity contribution is -0.161. The SMILES string of the molecule is O=C(O)C1(C(=O)O)C=CCCCCC1. The summed E-state index contributed by atoms with van der Waals surface area (Å²) >= 11 is 0. The van der Waals surface area contributed by atoms with Crippen molar-refractivity contribution in [3.8, 4) is 0 Å². The molecule has 0 fully saturated rings. The van der Waals surface area contributed by atoms with E-state index in [2.05, 4.69) is 0 Å². The molecule has 0 bridgehead atoms. The van der Waals surface area contributed by atoms with Gasteiger partial charge >= 0.3 is 11.9 Å². The van der Waals surface area contributed by atoms with Gasteiger partial charge < -0.3 is 10.2 Å². The lowest BCUT2D eigenvalue weighted by atomic mass is 9.80. The highest BCUT2D eigenvalue weighted by atomic mass is 16.4. The van der Waals surface area contributed by atoms with E-state index >= 15 is 0 Å². The zero-order valence-electron chi connectivity index (χ0n) is 7.90. The molecule has 0 aromatic heterocycles. The van der Waals surface area contributed by atoms with Gasteiger partial charge in [0.1, 0.15) is 0 Å². The molecule has 0 heterocycles. The first-order valence-corrected chi connectivity index (χ1v) is 4.74. The molecule has 0 aliphatic heterocycles. The summed E-state index contributed by atoms with van der Waals surface area (Å²) in [6.07, 6.45) is 6.51. The van der Waals surface area contributed by atoms with Gasteiger partial charge in [-0.15, -0.1) is 0 Å². The van der Waals surface area contributed by atoms with E-state index in [9.17, 15) is 9.59 Å². The third-order valence-electron chi connectivity index (χ3n) is 2.61. The fourth-order valence-electron chi connectivity index (χ4n) is 1.66. The Balaban J connectivity index is 2.98. The Morgan fingerprint density at radius 1 is 1.07 bits per heavy atom. The summed E-state index contributed by atoms with van der Waals surface area (Å²) in [6, 6.07) is 0. The molecule has 0 amide bonds. The van der Waals surface area contributed by atoms with E-state index in [1.54, 1.807) is 6.08 Å². The minimum atomic E-state index is -1.69. The molecule has 4 nitrogen and oxygen atoms in total. The Kier molecular flexibility index (Phi) is 3.28. The Labute approximate surface area is 82.2 Å². The van der Waals surface area contributed by atoms with Crippen molar-refractivity contribution in [2.24, 2.45) is 5.41 Å². The van der Waals surface area contributed by atoms with E-state index in [0.717, 1.165) is 19.3 Å². The number of carboxylic acid groups (broad SMARTS) is 2. The van der Waals surface area contributed by atoms with E-state index in [4.69, 9.17) is 10.2 Å². The van der Waals surface area contributed by atoms with Crippen LogP contribution < -0.4 is 0 Å². The van der Waals surface area contributed by atoms with E-state index in [-0.39, 0.29) is 6.42 Å². The van der Waals surface area contributed by atoms with Crippen molar-refractivity contribution in [2.75, 3.05) is 0 Å². The smallest absolute Gasteiger partial charge is 0.324 e. The van der Waals surface area contributed by atoms with Crippen molar-refractivity contribution in [2.45, 2.75) is 32.1 Å². The van der Waals surface area contributed by atoms with E-state index in [1.165, 1.54) is 6.08 Å². The Bertz CT molecular complexity index is 253. The maximum Gasteiger partial charge on any atom is 0.324 e. The second kappa shape index (κ2) is 4.26. The minimum absolute atomic E-state index is 0.189. The largest absolute Gasteiger partial charge is 0.480 e. The van der Waals surface area contributed by atoms with Crippen LogP contribution in [-0.4, -0.2) is 22.2 Å². The second-order valence-electron chi connectivity index (χ2n) is 3.58. The van der Waals surface area contributed by atoms with Crippen LogP contribution >= 0.6 is 0 Å². The molecule has 1 aliphatic carbocycles. The quantitative estimate of drug-likeness (QED) is 0.522. The molecule has 0 saturated heterocycles. The Morgan fingerprint density at radius 2 is 1.71 bits per heavy atom. The maximum atomic E-state index is 11.0. The van der Waals surface area contributed by atoms with Crippen LogP contribution in [0.1, 0.15) is 32.1 Å². The highest BCUT2D eigenvalue weighted by molar-refractivity contribution is 6.00. The predicted octanol–water partition coefficient (Wildman–Crippen LogP) is 1.66. The van der Waals surface area contributed by atoms with Crippen LogP contribution in [0.15, 0.2) is 12.2 Å². The van der Waals surface area contributed by atoms with Crippen molar-refractivity contribution in [3.05, 3.63) is 12.2 Å². The van der Waals surface area contributed by atoms with Gasteiger partial charge in [-0.3, -0.25) is 9.59 Å². The van der Waals surface area contributed by atoms with Crippen molar-refractivity contribution in [1.29, 1.82) is 0 Å². The number of hydrogen-bond donors (Lipinski definition) is 2. The fraction of sp³-hybridized carbons (Fsp3) is 0.600.